The molecule has 1 aromatic carbocycles. The topological polar surface area (TPSA) is 126 Å². The van der Waals surface area contributed by atoms with Crippen LogP contribution in [0.5, 0.6) is 0 Å². The molecular formula is C24H22F6N6O4. The van der Waals surface area contributed by atoms with E-state index in [1.54, 1.807) is 0 Å². The van der Waals surface area contributed by atoms with E-state index in [0.29, 0.717) is 12.8 Å². The van der Waals surface area contributed by atoms with Crippen LogP contribution in [0.4, 0.5) is 37.2 Å². The molecule has 3 fully saturated rings. The zero-order valence-corrected chi connectivity index (χ0v) is 20.6. The Kier molecular flexibility index (Phi) is 6.18. The Labute approximate surface area is 221 Å². The van der Waals surface area contributed by atoms with E-state index < -0.39 is 60.4 Å². The molecule has 3 heterocycles. The number of hydrogen-bond donors (Lipinski definition) is 2. The van der Waals surface area contributed by atoms with E-state index in [0.717, 1.165) is 4.90 Å². The molecule has 10 nitrogen and oxygen atoms in total. The summed E-state index contributed by atoms with van der Waals surface area (Å²) in [5.74, 6) is -5.23. The van der Waals surface area contributed by atoms with Crippen LogP contribution >= 0.6 is 0 Å². The molecule has 2 atom stereocenters. The molecule has 1 saturated heterocycles. The predicted octanol–water partition coefficient (Wildman–Crippen LogP) is 5.30. The molecule has 0 spiro atoms. The molecule has 40 heavy (non-hydrogen) atoms. The fourth-order valence-electron chi connectivity index (χ4n) is 5.42. The lowest BCUT2D eigenvalue weighted by Crippen LogP contribution is -2.40. The van der Waals surface area contributed by atoms with Crippen LogP contribution in [0.3, 0.4) is 0 Å². The lowest BCUT2D eigenvalue weighted by Gasteiger charge is -2.28. The fraction of sp³-hybridized carbons (Fsp3) is 0.542. The van der Waals surface area contributed by atoms with Crippen molar-refractivity contribution in [1.82, 2.24) is 25.5 Å². The minimum atomic E-state index is -4.65. The number of nitrogens with zero attached hydrogens (tertiary/aromatic N) is 4. The summed E-state index contributed by atoms with van der Waals surface area (Å²) < 4.78 is 92.6. The van der Waals surface area contributed by atoms with E-state index in [9.17, 15) is 31.5 Å². The number of anilines is 1. The van der Waals surface area contributed by atoms with Crippen molar-refractivity contribution in [3.8, 4) is 0 Å². The summed E-state index contributed by atoms with van der Waals surface area (Å²) in [6.07, 6.45) is -4.00. The summed E-state index contributed by atoms with van der Waals surface area (Å²) in [6, 6.07) is -1.68. The Morgan fingerprint density at radius 3 is 2.52 bits per heavy atom. The maximum Gasteiger partial charge on any atom is 0.410 e. The molecular weight excluding hydrogens is 550 g/mol. The molecule has 6 rings (SSSR count). The second-order valence-corrected chi connectivity index (χ2v) is 10.4. The van der Waals surface area contributed by atoms with Crippen LogP contribution in [-0.4, -0.2) is 56.8 Å². The number of rotatable bonds is 6. The van der Waals surface area contributed by atoms with E-state index >= 15 is 4.39 Å². The summed E-state index contributed by atoms with van der Waals surface area (Å²) in [6.45, 7) is -0.659. The van der Waals surface area contributed by atoms with E-state index in [1.807, 2.05) is 5.32 Å². The van der Waals surface area contributed by atoms with Gasteiger partial charge < -0.3 is 14.6 Å². The largest absolute Gasteiger partial charge is 0.423 e. The summed E-state index contributed by atoms with van der Waals surface area (Å²) in [4.78, 5) is 30.3. The number of halogens is 6. The highest BCUT2D eigenvalue weighted by Gasteiger charge is 2.51. The Bertz CT molecular complexity index is 1460. The van der Waals surface area contributed by atoms with E-state index in [4.69, 9.17) is 4.42 Å². The lowest BCUT2D eigenvalue weighted by atomic mass is 9.84. The summed E-state index contributed by atoms with van der Waals surface area (Å²) in [7, 11) is 0. The third kappa shape index (κ3) is 4.83. The average molecular weight is 572 g/mol. The number of aromatic nitrogens is 3. The van der Waals surface area contributed by atoms with Crippen LogP contribution in [-0.2, 0) is 0 Å². The number of urea groups is 1. The van der Waals surface area contributed by atoms with Crippen molar-refractivity contribution in [3.05, 3.63) is 34.9 Å². The molecule has 0 bridgehead atoms. The van der Waals surface area contributed by atoms with Crippen LogP contribution in [0.15, 0.2) is 21.2 Å². The van der Waals surface area contributed by atoms with Crippen LogP contribution in [0.25, 0.3) is 11.1 Å². The second kappa shape index (κ2) is 9.37. The van der Waals surface area contributed by atoms with Gasteiger partial charge in [-0.2, -0.15) is 18.2 Å². The zero-order valence-electron chi connectivity index (χ0n) is 20.6. The van der Waals surface area contributed by atoms with Crippen molar-refractivity contribution in [2.24, 2.45) is 5.92 Å². The van der Waals surface area contributed by atoms with Gasteiger partial charge in [-0.05, 0) is 42.8 Å². The first-order valence-electron chi connectivity index (χ1n) is 12.7. The van der Waals surface area contributed by atoms with Crippen LogP contribution in [0, 0.1) is 11.7 Å². The molecule has 3 aliphatic rings. The maximum absolute atomic E-state index is 15.7. The molecule has 2 aliphatic carbocycles. The number of fused-ring (bicyclic) bond motifs is 1. The van der Waals surface area contributed by atoms with E-state index in [1.165, 1.54) is 12.1 Å². The molecule has 214 valence electrons. The van der Waals surface area contributed by atoms with Crippen molar-refractivity contribution < 1.29 is 45.0 Å². The third-order valence-corrected chi connectivity index (χ3v) is 7.64. The van der Waals surface area contributed by atoms with Gasteiger partial charge in [0, 0.05) is 24.3 Å². The van der Waals surface area contributed by atoms with E-state index in [2.05, 4.69) is 25.2 Å². The maximum atomic E-state index is 15.7. The van der Waals surface area contributed by atoms with Gasteiger partial charge in [0.15, 0.2) is 17.1 Å². The zero-order chi connectivity index (χ0) is 28.4. The molecule has 16 heteroatoms. The molecule has 2 saturated carbocycles. The lowest BCUT2D eigenvalue weighted by molar-refractivity contribution is -0.150. The third-order valence-electron chi connectivity index (χ3n) is 7.64. The van der Waals surface area contributed by atoms with Gasteiger partial charge in [0.1, 0.15) is 17.3 Å². The normalized spacial score (nSPS) is 22.5. The predicted molar refractivity (Wildman–Crippen MR) is 123 cm³/mol. The second-order valence-electron chi connectivity index (χ2n) is 10.4. The summed E-state index contributed by atoms with van der Waals surface area (Å²) in [5, 5.41) is 11.5. The average Bonchev–Trinajstić information content (AvgIpc) is 3.25. The first-order valence-corrected chi connectivity index (χ1v) is 12.7. The Hall–Kier alpha value is -3.85. The van der Waals surface area contributed by atoms with Crippen molar-refractivity contribution in [2.75, 3.05) is 11.9 Å². The quantitative estimate of drug-likeness (QED) is 0.384. The number of alkyl halides is 5. The van der Waals surface area contributed by atoms with Gasteiger partial charge in [-0.1, -0.05) is 11.2 Å². The van der Waals surface area contributed by atoms with Gasteiger partial charge in [0.2, 0.25) is 5.92 Å². The van der Waals surface area contributed by atoms with Crippen LogP contribution < -0.4 is 10.6 Å². The van der Waals surface area contributed by atoms with Gasteiger partial charge in [-0.3, -0.25) is 10.1 Å². The first-order chi connectivity index (χ1) is 18.9. The number of amides is 3. The highest BCUT2D eigenvalue weighted by atomic mass is 19.4. The molecule has 1 aliphatic heterocycles. The molecule has 0 radical (unpaired) electrons. The molecule has 3 amide bonds. The van der Waals surface area contributed by atoms with Crippen LogP contribution in [0.1, 0.15) is 72.2 Å². The number of benzene rings is 1. The van der Waals surface area contributed by atoms with Crippen molar-refractivity contribution in [3.63, 3.8) is 0 Å². The van der Waals surface area contributed by atoms with Gasteiger partial charge in [0.25, 0.3) is 5.91 Å². The Morgan fingerprint density at radius 1 is 1.15 bits per heavy atom. The molecule has 0 unspecified atom stereocenters. The minimum absolute atomic E-state index is 0.0174. The van der Waals surface area contributed by atoms with Gasteiger partial charge >= 0.3 is 18.2 Å². The molecule has 2 N–H and O–H groups in total. The monoisotopic (exact) mass is 572 g/mol. The Balaban J connectivity index is 1.23. The Morgan fingerprint density at radius 2 is 1.88 bits per heavy atom. The summed E-state index contributed by atoms with van der Waals surface area (Å²) >= 11 is 0. The number of hydrogen-bond acceptors (Lipinski definition) is 7. The fourth-order valence-corrected chi connectivity index (χ4v) is 5.42. The number of oxazole rings is 1. The first kappa shape index (κ1) is 26.4. The smallest absolute Gasteiger partial charge is 0.410 e. The van der Waals surface area contributed by atoms with Gasteiger partial charge in [-0.15, -0.1) is 0 Å². The van der Waals surface area contributed by atoms with Crippen molar-refractivity contribution in [2.45, 2.75) is 68.6 Å². The number of carbonyl (C=O) groups is 2. The standard InChI is InChI=1S/C24H22F6N6O4/c25-15-12(19(11-1-2-11)36-9-14(24(28,29)30)31-22(36)38)3-4-13-17(15)32-21(39-13)33-20(37)18-16(34-40-35-18)10-5-7-23(26,27)8-6-10/h3-4,10-11,14,19H,1-2,5-9H2,(H,31,38)(H,32,33,37)/t14-,19-/m1/s1. The highest BCUT2D eigenvalue weighted by molar-refractivity contribution is 6.02. The number of nitrogens with one attached hydrogen (secondary N) is 2. The SMILES string of the molecule is O=C(Nc1nc2c(F)c([C@@H](C3CC3)N3C[C@H](C(F)(F)F)NC3=O)ccc2o1)c1nonc1C1CCC(F)(F)CC1. The molecule has 2 aromatic heterocycles. The van der Waals surface area contributed by atoms with Crippen molar-refractivity contribution in [1.29, 1.82) is 0 Å². The highest BCUT2D eigenvalue weighted by Crippen LogP contribution is 2.47. The number of carbonyl (C=O) groups excluding carboxylic acids is 2. The minimum Gasteiger partial charge on any atom is -0.423 e. The summed E-state index contributed by atoms with van der Waals surface area (Å²) in [5.41, 5.74) is -0.495. The van der Waals surface area contributed by atoms with E-state index in [-0.39, 0.29) is 59.7 Å². The van der Waals surface area contributed by atoms with Crippen LogP contribution in [0.2, 0.25) is 0 Å². The van der Waals surface area contributed by atoms with Gasteiger partial charge in [-0.25, -0.2) is 22.6 Å². The van der Waals surface area contributed by atoms with Gasteiger partial charge in [0.05, 0.1) is 12.6 Å². The molecule has 3 aromatic rings. The van der Waals surface area contributed by atoms with Crippen molar-refractivity contribution >= 4 is 29.1 Å².